The SMILES string of the molecule is C#CCSc1nc2c(-c3cccc(OC)c3)c(C)nn2c(=O)[nH]1. The van der Waals surface area contributed by atoms with E-state index >= 15 is 0 Å². The molecule has 1 aromatic carbocycles. The van der Waals surface area contributed by atoms with Crippen LogP contribution in [0.5, 0.6) is 5.75 Å². The first-order valence-electron chi connectivity index (χ1n) is 6.84. The molecule has 1 N–H and O–H groups in total. The van der Waals surface area contributed by atoms with Gasteiger partial charge in [-0.25, -0.2) is 9.78 Å². The number of nitrogens with one attached hydrogen (secondary N) is 1. The van der Waals surface area contributed by atoms with Crippen molar-refractivity contribution >= 4 is 17.4 Å². The zero-order chi connectivity index (χ0) is 16.4. The molecule has 0 unspecified atom stereocenters. The number of aryl methyl sites for hydroxylation is 1. The van der Waals surface area contributed by atoms with Crippen LogP contribution < -0.4 is 10.4 Å². The number of hydrogen-bond donors (Lipinski definition) is 1. The average molecular weight is 326 g/mol. The molecule has 6 nitrogen and oxygen atoms in total. The average Bonchev–Trinajstić information content (AvgIpc) is 2.89. The summed E-state index contributed by atoms with van der Waals surface area (Å²) in [5, 5.41) is 4.76. The van der Waals surface area contributed by atoms with Crippen LogP contribution >= 0.6 is 11.8 Å². The summed E-state index contributed by atoms with van der Waals surface area (Å²) >= 11 is 1.30. The third-order valence-corrected chi connectivity index (χ3v) is 4.08. The minimum absolute atomic E-state index is 0.341. The van der Waals surface area contributed by atoms with Gasteiger partial charge in [0.05, 0.1) is 18.6 Å². The first-order chi connectivity index (χ1) is 11.1. The second kappa shape index (κ2) is 6.18. The topological polar surface area (TPSA) is 72.3 Å². The lowest BCUT2D eigenvalue weighted by Gasteiger charge is -2.04. The van der Waals surface area contributed by atoms with Gasteiger partial charge in [0.15, 0.2) is 10.8 Å². The van der Waals surface area contributed by atoms with Crippen molar-refractivity contribution in [3.8, 4) is 29.2 Å². The summed E-state index contributed by atoms with van der Waals surface area (Å²) in [6, 6.07) is 7.57. The lowest BCUT2D eigenvalue weighted by Crippen LogP contribution is -2.19. The highest BCUT2D eigenvalue weighted by Crippen LogP contribution is 2.29. The van der Waals surface area contributed by atoms with Crippen molar-refractivity contribution in [3.05, 3.63) is 40.4 Å². The molecule has 0 bridgehead atoms. The van der Waals surface area contributed by atoms with Gasteiger partial charge in [-0.15, -0.1) is 6.42 Å². The number of aromatic nitrogens is 4. The molecule has 0 atom stereocenters. The zero-order valence-electron chi connectivity index (χ0n) is 12.7. The Labute approximate surface area is 136 Å². The van der Waals surface area contributed by atoms with E-state index in [1.54, 1.807) is 7.11 Å². The van der Waals surface area contributed by atoms with E-state index in [9.17, 15) is 4.79 Å². The quantitative estimate of drug-likeness (QED) is 0.587. The van der Waals surface area contributed by atoms with Gasteiger partial charge in [-0.05, 0) is 24.6 Å². The predicted octanol–water partition coefficient (Wildman–Crippen LogP) is 2.13. The van der Waals surface area contributed by atoms with Crippen molar-refractivity contribution in [2.75, 3.05) is 12.9 Å². The number of hydrogen-bond acceptors (Lipinski definition) is 5. The summed E-state index contributed by atoms with van der Waals surface area (Å²) in [4.78, 5) is 19.4. The largest absolute Gasteiger partial charge is 0.497 e. The van der Waals surface area contributed by atoms with Gasteiger partial charge in [0, 0.05) is 5.56 Å². The third kappa shape index (κ3) is 2.81. The monoisotopic (exact) mass is 326 g/mol. The zero-order valence-corrected chi connectivity index (χ0v) is 13.5. The van der Waals surface area contributed by atoms with Crippen LogP contribution in [0.1, 0.15) is 5.69 Å². The maximum atomic E-state index is 12.2. The molecule has 116 valence electrons. The van der Waals surface area contributed by atoms with Crippen LogP contribution in [0.25, 0.3) is 16.8 Å². The molecule has 0 saturated heterocycles. The molecular formula is C16H14N4O2S. The fourth-order valence-corrected chi connectivity index (χ4v) is 2.85. The van der Waals surface area contributed by atoms with Gasteiger partial charge in [0.2, 0.25) is 0 Å². The second-order valence-corrected chi connectivity index (χ2v) is 5.73. The van der Waals surface area contributed by atoms with Crippen molar-refractivity contribution in [1.82, 2.24) is 19.6 Å². The number of H-pyrrole nitrogens is 1. The Morgan fingerprint density at radius 2 is 2.30 bits per heavy atom. The van der Waals surface area contributed by atoms with Crippen LogP contribution in [0, 0.1) is 19.3 Å². The minimum Gasteiger partial charge on any atom is -0.497 e. The van der Waals surface area contributed by atoms with Gasteiger partial charge in [-0.1, -0.05) is 29.8 Å². The maximum Gasteiger partial charge on any atom is 0.350 e. The Hall–Kier alpha value is -2.72. The second-order valence-electron chi connectivity index (χ2n) is 4.77. The molecule has 7 heteroatoms. The molecule has 0 radical (unpaired) electrons. The van der Waals surface area contributed by atoms with E-state index in [0.717, 1.165) is 22.6 Å². The highest BCUT2D eigenvalue weighted by atomic mass is 32.2. The van der Waals surface area contributed by atoms with Crippen molar-refractivity contribution in [2.45, 2.75) is 12.1 Å². The molecular weight excluding hydrogens is 312 g/mol. The number of benzene rings is 1. The first-order valence-corrected chi connectivity index (χ1v) is 7.83. The number of aromatic amines is 1. The Balaban J connectivity index is 2.23. The Bertz CT molecular complexity index is 968. The van der Waals surface area contributed by atoms with Crippen molar-refractivity contribution in [2.24, 2.45) is 0 Å². The predicted molar refractivity (Wildman–Crippen MR) is 89.9 cm³/mol. The molecule has 0 aliphatic heterocycles. The molecule has 0 aliphatic rings. The maximum absolute atomic E-state index is 12.2. The van der Waals surface area contributed by atoms with E-state index in [1.165, 1.54) is 16.3 Å². The normalized spacial score (nSPS) is 10.7. The van der Waals surface area contributed by atoms with Crippen LogP contribution in [0.15, 0.2) is 34.2 Å². The Morgan fingerprint density at radius 3 is 3.04 bits per heavy atom. The van der Waals surface area contributed by atoms with E-state index in [-0.39, 0.29) is 5.69 Å². The standard InChI is InChI=1S/C16H14N4O2S/c1-4-8-23-15-17-14-13(10(2)19-20(14)16(21)18-15)11-6-5-7-12(9-11)22-3/h1,5-7,9H,8H2,2-3H3,(H,17,18,21). The van der Waals surface area contributed by atoms with E-state index in [2.05, 4.69) is 21.0 Å². The number of fused-ring (bicyclic) bond motifs is 1. The number of nitrogens with zero attached hydrogens (tertiary/aromatic N) is 3. The van der Waals surface area contributed by atoms with Crippen molar-refractivity contribution in [3.63, 3.8) is 0 Å². The number of thioether (sulfide) groups is 1. The summed E-state index contributed by atoms with van der Waals surface area (Å²) in [6.07, 6.45) is 5.26. The van der Waals surface area contributed by atoms with Crippen molar-refractivity contribution in [1.29, 1.82) is 0 Å². The smallest absolute Gasteiger partial charge is 0.350 e. The Kier molecular flexibility index (Phi) is 4.08. The van der Waals surface area contributed by atoms with Crippen LogP contribution in [-0.2, 0) is 0 Å². The molecule has 0 aliphatic carbocycles. The number of methoxy groups -OCH3 is 1. The molecule has 2 heterocycles. The lowest BCUT2D eigenvalue weighted by atomic mass is 10.1. The fourth-order valence-electron chi connectivity index (χ4n) is 2.32. The van der Waals surface area contributed by atoms with E-state index in [0.29, 0.717) is 16.6 Å². The number of ether oxygens (including phenoxy) is 1. The summed E-state index contributed by atoms with van der Waals surface area (Å²) in [5.74, 6) is 3.67. The summed E-state index contributed by atoms with van der Waals surface area (Å²) in [5.41, 5.74) is 2.57. The molecule has 0 fully saturated rings. The molecule has 2 aromatic heterocycles. The fraction of sp³-hybridized carbons (Fsp3) is 0.188. The van der Waals surface area contributed by atoms with Crippen LogP contribution in [0.2, 0.25) is 0 Å². The molecule has 0 spiro atoms. The molecule has 0 amide bonds. The van der Waals surface area contributed by atoms with Gasteiger partial charge in [0.1, 0.15) is 5.75 Å². The molecule has 3 aromatic rings. The first kappa shape index (κ1) is 15.2. The highest BCUT2D eigenvalue weighted by Gasteiger charge is 2.16. The minimum atomic E-state index is -0.341. The van der Waals surface area contributed by atoms with Gasteiger partial charge < -0.3 is 4.74 Å². The molecule has 0 saturated carbocycles. The molecule has 3 rings (SSSR count). The van der Waals surface area contributed by atoms with E-state index < -0.39 is 0 Å². The van der Waals surface area contributed by atoms with E-state index in [4.69, 9.17) is 11.2 Å². The highest BCUT2D eigenvalue weighted by molar-refractivity contribution is 7.99. The van der Waals surface area contributed by atoms with Gasteiger partial charge in [-0.3, -0.25) is 4.98 Å². The van der Waals surface area contributed by atoms with Crippen molar-refractivity contribution < 1.29 is 4.74 Å². The number of rotatable bonds is 4. The summed E-state index contributed by atoms with van der Waals surface area (Å²) in [6.45, 7) is 1.84. The summed E-state index contributed by atoms with van der Waals surface area (Å²) in [7, 11) is 1.61. The van der Waals surface area contributed by atoms with E-state index in [1.807, 2.05) is 31.2 Å². The van der Waals surface area contributed by atoms with Crippen LogP contribution in [-0.4, -0.2) is 32.4 Å². The molecule has 23 heavy (non-hydrogen) atoms. The number of terminal acetylenes is 1. The lowest BCUT2D eigenvalue weighted by molar-refractivity contribution is 0.415. The van der Waals surface area contributed by atoms with Crippen LogP contribution in [0.3, 0.4) is 0 Å². The third-order valence-electron chi connectivity index (χ3n) is 3.30. The van der Waals surface area contributed by atoms with Crippen LogP contribution in [0.4, 0.5) is 0 Å². The Morgan fingerprint density at radius 1 is 1.48 bits per heavy atom. The van der Waals surface area contributed by atoms with Gasteiger partial charge >= 0.3 is 5.69 Å². The van der Waals surface area contributed by atoms with Gasteiger partial charge in [-0.2, -0.15) is 9.61 Å². The summed E-state index contributed by atoms with van der Waals surface area (Å²) < 4.78 is 6.53. The van der Waals surface area contributed by atoms with Gasteiger partial charge in [0.25, 0.3) is 0 Å².